The Morgan fingerprint density at radius 3 is 2.45 bits per heavy atom. The minimum absolute atomic E-state index is 0.136. The first-order valence-electron chi connectivity index (χ1n) is 7.09. The van der Waals surface area contributed by atoms with Crippen LogP contribution in [0.1, 0.15) is 20.8 Å². The Labute approximate surface area is 132 Å². The van der Waals surface area contributed by atoms with Crippen molar-refractivity contribution >= 4 is 10.0 Å². The molecule has 0 aromatic heterocycles. The van der Waals surface area contributed by atoms with Crippen molar-refractivity contribution in [2.24, 2.45) is 0 Å². The molecule has 0 unspecified atom stereocenters. The fourth-order valence-electron chi connectivity index (χ4n) is 2.48. The van der Waals surface area contributed by atoms with Crippen molar-refractivity contribution in [1.82, 2.24) is 4.31 Å². The van der Waals surface area contributed by atoms with Crippen molar-refractivity contribution in [3.05, 3.63) is 18.2 Å². The first kappa shape index (κ1) is 17.1. The summed E-state index contributed by atoms with van der Waals surface area (Å²) in [7, 11) is -0.649. The van der Waals surface area contributed by atoms with E-state index in [-0.39, 0.29) is 11.0 Å². The van der Waals surface area contributed by atoms with Crippen LogP contribution in [0.3, 0.4) is 0 Å². The summed E-state index contributed by atoms with van der Waals surface area (Å²) < 4.78 is 43.4. The fourth-order valence-corrected chi connectivity index (χ4v) is 4.34. The van der Waals surface area contributed by atoms with Gasteiger partial charge in [0, 0.05) is 12.6 Å². The van der Waals surface area contributed by atoms with E-state index in [4.69, 9.17) is 14.2 Å². The van der Waals surface area contributed by atoms with Gasteiger partial charge in [0.25, 0.3) is 0 Å². The number of ether oxygens (including phenoxy) is 3. The number of sulfonamides is 1. The van der Waals surface area contributed by atoms with E-state index in [2.05, 4.69) is 0 Å². The van der Waals surface area contributed by atoms with Gasteiger partial charge in [0.15, 0.2) is 11.5 Å². The average Bonchev–Trinajstić information content (AvgIpc) is 2.48. The van der Waals surface area contributed by atoms with E-state index >= 15 is 0 Å². The van der Waals surface area contributed by atoms with Crippen molar-refractivity contribution in [3.8, 4) is 11.5 Å². The number of hydrogen-bond donors (Lipinski definition) is 0. The van der Waals surface area contributed by atoms with Gasteiger partial charge < -0.3 is 14.2 Å². The van der Waals surface area contributed by atoms with Crippen LogP contribution in [0.15, 0.2) is 23.1 Å². The van der Waals surface area contributed by atoms with Gasteiger partial charge in [0.05, 0.1) is 37.4 Å². The maximum absolute atomic E-state index is 13.0. The number of methoxy groups -OCH3 is 2. The molecule has 0 saturated carbocycles. The van der Waals surface area contributed by atoms with Crippen LogP contribution in [0, 0.1) is 0 Å². The zero-order valence-corrected chi connectivity index (χ0v) is 14.4. The average molecular weight is 329 g/mol. The van der Waals surface area contributed by atoms with Crippen molar-refractivity contribution in [2.75, 3.05) is 27.4 Å². The summed E-state index contributed by atoms with van der Waals surface area (Å²) in [6.45, 7) is 6.27. The molecule has 7 heteroatoms. The van der Waals surface area contributed by atoms with Crippen LogP contribution in [-0.2, 0) is 14.8 Å². The molecular weight excluding hydrogens is 306 g/mol. The second-order valence-electron chi connectivity index (χ2n) is 5.99. The third kappa shape index (κ3) is 3.06. The van der Waals surface area contributed by atoms with Gasteiger partial charge in [-0.3, -0.25) is 0 Å². The summed E-state index contributed by atoms with van der Waals surface area (Å²) in [6.07, 6.45) is -0.136. The standard InChI is InChI=1S/C15H23NO5S/c1-11-9-16(15(2,3)10-21-11)22(17,18)12-6-7-13(19-4)14(8-12)20-5/h6-8,11H,9-10H2,1-5H3/t11-/m0/s1. The van der Waals surface area contributed by atoms with Crippen LogP contribution in [-0.4, -0.2) is 51.7 Å². The lowest BCUT2D eigenvalue weighted by Gasteiger charge is -2.43. The number of benzene rings is 1. The van der Waals surface area contributed by atoms with Gasteiger partial charge in [0.2, 0.25) is 10.0 Å². The summed E-state index contributed by atoms with van der Waals surface area (Å²) in [5.41, 5.74) is -0.599. The van der Waals surface area contributed by atoms with Crippen LogP contribution < -0.4 is 9.47 Å². The molecule has 0 N–H and O–H groups in total. The van der Waals surface area contributed by atoms with E-state index in [1.165, 1.54) is 30.7 Å². The molecule has 0 radical (unpaired) electrons. The number of hydrogen-bond acceptors (Lipinski definition) is 5. The van der Waals surface area contributed by atoms with Crippen LogP contribution in [0.5, 0.6) is 11.5 Å². The third-order valence-corrected chi connectivity index (χ3v) is 5.84. The van der Waals surface area contributed by atoms with E-state index in [1.807, 2.05) is 20.8 Å². The summed E-state index contributed by atoms with van der Waals surface area (Å²) in [5, 5.41) is 0. The van der Waals surface area contributed by atoms with E-state index in [9.17, 15) is 8.42 Å². The number of rotatable bonds is 4. The van der Waals surface area contributed by atoms with Crippen molar-refractivity contribution < 1.29 is 22.6 Å². The highest BCUT2D eigenvalue weighted by atomic mass is 32.2. The van der Waals surface area contributed by atoms with Gasteiger partial charge in [-0.15, -0.1) is 0 Å². The second-order valence-corrected chi connectivity index (χ2v) is 7.85. The number of nitrogens with zero attached hydrogens (tertiary/aromatic N) is 1. The monoisotopic (exact) mass is 329 g/mol. The minimum atomic E-state index is -3.64. The molecule has 1 aromatic rings. The lowest BCUT2D eigenvalue weighted by atomic mass is 10.1. The number of morpholine rings is 1. The molecule has 1 fully saturated rings. The Hall–Kier alpha value is -1.31. The summed E-state index contributed by atoms with van der Waals surface area (Å²) >= 11 is 0. The molecule has 124 valence electrons. The predicted octanol–water partition coefficient (Wildman–Crippen LogP) is 1.89. The molecule has 1 aromatic carbocycles. The predicted molar refractivity (Wildman–Crippen MR) is 82.9 cm³/mol. The Morgan fingerprint density at radius 2 is 1.86 bits per heavy atom. The molecule has 1 saturated heterocycles. The van der Waals surface area contributed by atoms with Gasteiger partial charge >= 0.3 is 0 Å². The molecule has 1 heterocycles. The van der Waals surface area contributed by atoms with Crippen molar-refractivity contribution in [3.63, 3.8) is 0 Å². The van der Waals surface area contributed by atoms with Crippen molar-refractivity contribution in [2.45, 2.75) is 37.3 Å². The van der Waals surface area contributed by atoms with Crippen LogP contribution in [0.2, 0.25) is 0 Å². The Bertz CT molecular complexity index is 641. The normalized spacial score (nSPS) is 22.3. The quantitative estimate of drug-likeness (QED) is 0.844. The van der Waals surface area contributed by atoms with Crippen LogP contribution in [0.4, 0.5) is 0 Å². The minimum Gasteiger partial charge on any atom is -0.493 e. The second kappa shape index (κ2) is 6.06. The van der Waals surface area contributed by atoms with Gasteiger partial charge in [-0.05, 0) is 32.9 Å². The van der Waals surface area contributed by atoms with Gasteiger partial charge in [0.1, 0.15) is 0 Å². The third-order valence-electron chi connectivity index (χ3n) is 3.76. The van der Waals surface area contributed by atoms with E-state index in [0.717, 1.165) is 0 Å². The molecule has 22 heavy (non-hydrogen) atoms. The summed E-state index contributed by atoms with van der Waals surface area (Å²) in [4.78, 5) is 0.187. The molecule has 0 aliphatic carbocycles. The lowest BCUT2D eigenvalue weighted by molar-refractivity contribution is -0.0551. The molecule has 1 atom stereocenters. The Kier molecular flexibility index (Phi) is 4.70. The Balaban J connectivity index is 2.45. The maximum Gasteiger partial charge on any atom is 0.243 e. The molecule has 0 amide bonds. The molecule has 0 spiro atoms. The summed E-state index contributed by atoms with van der Waals surface area (Å²) in [5.74, 6) is 0.888. The topological polar surface area (TPSA) is 65.1 Å². The largest absolute Gasteiger partial charge is 0.493 e. The molecule has 2 rings (SSSR count). The highest BCUT2D eigenvalue weighted by Crippen LogP contribution is 2.34. The Morgan fingerprint density at radius 1 is 1.23 bits per heavy atom. The van der Waals surface area contributed by atoms with Crippen LogP contribution >= 0.6 is 0 Å². The zero-order chi connectivity index (χ0) is 16.5. The van der Waals surface area contributed by atoms with E-state index in [0.29, 0.717) is 24.7 Å². The highest BCUT2D eigenvalue weighted by molar-refractivity contribution is 7.89. The van der Waals surface area contributed by atoms with E-state index < -0.39 is 15.6 Å². The molecule has 6 nitrogen and oxygen atoms in total. The first-order chi connectivity index (χ1) is 10.2. The molecule has 0 bridgehead atoms. The van der Waals surface area contributed by atoms with Crippen molar-refractivity contribution in [1.29, 1.82) is 0 Å². The smallest absolute Gasteiger partial charge is 0.243 e. The fraction of sp³-hybridized carbons (Fsp3) is 0.600. The SMILES string of the molecule is COc1ccc(S(=O)(=O)N2C[C@H](C)OCC2(C)C)cc1OC. The van der Waals surface area contributed by atoms with Gasteiger partial charge in [-0.2, -0.15) is 4.31 Å². The molecule has 1 aliphatic rings. The lowest BCUT2D eigenvalue weighted by Crippen LogP contribution is -2.57. The maximum atomic E-state index is 13.0. The summed E-state index contributed by atoms with van der Waals surface area (Å²) in [6, 6.07) is 4.62. The molecule has 1 aliphatic heterocycles. The van der Waals surface area contributed by atoms with Gasteiger partial charge in [-0.1, -0.05) is 0 Å². The van der Waals surface area contributed by atoms with Crippen LogP contribution in [0.25, 0.3) is 0 Å². The first-order valence-corrected chi connectivity index (χ1v) is 8.53. The van der Waals surface area contributed by atoms with Gasteiger partial charge in [-0.25, -0.2) is 8.42 Å². The zero-order valence-electron chi connectivity index (χ0n) is 13.6. The highest BCUT2D eigenvalue weighted by Gasteiger charge is 2.42. The van der Waals surface area contributed by atoms with E-state index in [1.54, 1.807) is 6.07 Å². The molecular formula is C15H23NO5S.